The topological polar surface area (TPSA) is 75.6 Å². The number of aryl methyl sites for hydroxylation is 3. The van der Waals surface area contributed by atoms with Crippen molar-refractivity contribution in [2.75, 3.05) is 0 Å². The van der Waals surface area contributed by atoms with E-state index >= 15 is 0 Å². The molecule has 0 saturated heterocycles. The zero-order valence-corrected chi connectivity index (χ0v) is 18.5. The summed E-state index contributed by atoms with van der Waals surface area (Å²) in [5.41, 5.74) is 4.16. The summed E-state index contributed by atoms with van der Waals surface area (Å²) >= 11 is 0. The molecule has 3 aromatic rings. The normalized spacial score (nSPS) is 17.9. The fourth-order valence-corrected chi connectivity index (χ4v) is 7.34. The molecule has 1 aliphatic rings. The van der Waals surface area contributed by atoms with E-state index in [1.165, 1.54) is 17.7 Å². The van der Waals surface area contributed by atoms with Crippen molar-refractivity contribution in [2.45, 2.75) is 42.5 Å². The maximum absolute atomic E-state index is 14.1. The van der Waals surface area contributed by atoms with Gasteiger partial charge in [0.05, 0.1) is 9.79 Å². The molecule has 3 aromatic carbocycles. The van der Waals surface area contributed by atoms with Crippen LogP contribution in [0.15, 0.2) is 86.4 Å². The highest BCUT2D eigenvalue weighted by molar-refractivity contribution is 8.02. The highest BCUT2D eigenvalue weighted by Crippen LogP contribution is 2.33. The molecule has 0 heterocycles. The zero-order chi connectivity index (χ0) is 21.4. The molecule has 1 aliphatic carbocycles. The van der Waals surface area contributed by atoms with Gasteiger partial charge in [-0.3, -0.25) is 0 Å². The van der Waals surface area contributed by atoms with Gasteiger partial charge in [-0.05, 0) is 62.1 Å². The summed E-state index contributed by atoms with van der Waals surface area (Å²) in [7, 11) is -7.56. The summed E-state index contributed by atoms with van der Waals surface area (Å²) in [6.07, 6.45) is 1.59. The molecule has 4 rings (SSSR count). The largest absolute Gasteiger partial charge is 0.291 e. The minimum absolute atomic E-state index is 0.0292. The van der Waals surface area contributed by atoms with Gasteiger partial charge in [0.2, 0.25) is 0 Å². The van der Waals surface area contributed by atoms with Crippen molar-refractivity contribution in [1.82, 2.24) is 4.72 Å². The van der Waals surface area contributed by atoms with Gasteiger partial charge < -0.3 is 0 Å². The predicted octanol–water partition coefficient (Wildman–Crippen LogP) is 4.71. The lowest BCUT2D eigenvalue weighted by atomic mass is 10.1. The third-order valence-corrected chi connectivity index (χ3v) is 9.31. The summed E-state index contributed by atoms with van der Waals surface area (Å²) in [4.78, 5) is 0.384. The first-order chi connectivity index (χ1) is 14.3. The molecule has 0 fully saturated rings. The van der Waals surface area contributed by atoms with Gasteiger partial charge in [0.25, 0.3) is 10.0 Å². The second-order valence-corrected chi connectivity index (χ2v) is 11.4. The summed E-state index contributed by atoms with van der Waals surface area (Å²) in [6, 6.07) is 21.1. The molecule has 0 amide bonds. The van der Waals surface area contributed by atoms with Crippen molar-refractivity contribution in [1.29, 1.82) is 0 Å². The third-order valence-electron chi connectivity index (χ3n) is 5.30. The van der Waals surface area contributed by atoms with Crippen molar-refractivity contribution in [3.8, 4) is 0 Å². The van der Waals surface area contributed by atoms with Crippen LogP contribution in [0, 0.1) is 13.8 Å². The Kier molecular flexibility index (Phi) is 5.53. The quantitative estimate of drug-likeness (QED) is 0.624. The van der Waals surface area contributed by atoms with Crippen LogP contribution in [0.25, 0.3) is 0 Å². The molecule has 0 saturated carbocycles. The zero-order valence-electron chi connectivity index (χ0n) is 16.9. The molecular weight excluding hydrogens is 416 g/mol. The van der Waals surface area contributed by atoms with E-state index in [0.29, 0.717) is 4.90 Å². The van der Waals surface area contributed by atoms with E-state index in [2.05, 4.69) is 8.49 Å². The van der Waals surface area contributed by atoms with Crippen LogP contribution in [0.5, 0.6) is 0 Å². The van der Waals surface area contributed by atoms with Crippen molar-refractivity contribution >= 4 is 19.9 Å². The Morgan fingerprint density at radius 1 is 0.800 bits per heavy atom. The van der Waals surface area contributed by atoms with Crippen LogP contribution in [0.2, 0.25) is 0 Å². The van der Waals surface area contributed by atoms with Gasteiger partial charge in [-0.1, -0.05) is 63.4 Å². The second kappa shape index (κ2) is 7.98. The van der Waals surface area contributed by atoms with Crippen molar-refractivity contribution in [3.63, 3.8) is 0 Å². The van der Waals surface area contributed by atoms with Crippen LogP contribution in [0.3, 0.4) is 0 Å². The highest BCUT2D eigenvalue weighted by atomic mass is 32.3. The summed E-state index contributed by atoms with van der Waals surface area (Å²) < 4.78 is 47.2. The highest BCUT2D eigenvalue weighted by Gasteiger charge is 2.28. The molecule has 1 unspecified atom stereocenters. The van der Waals surface area contributed by atoms with Crippen LogP contribution in [0.4, 0.5) is 0 Å². The van der Waals surface area contributed by atoms with Crippen molar-refractivity contribution in [2.24, 2.45) is 3.77 Å². The molecule has 0 aliphatic heterocycles. The lowest BCUT2D eigenvalue weighted by molar-refractivity contribution is 0.595. The maximum atomic E-state index is 14.1. The summed E-state index contributed by atoms with van der Waals surface area (Å²) in [5.74, 6) is 0. The molecule has 0 aromatic heterocycles. The first-order valence-electron chi connectivity index (χ1n) is 9.79. The number of rotatable bonds is 5. The predicted molar refractivity (Wildman–Crippen MR) is 119 cm³/mol. The van der Waals surface area contributed by atoms with Crippen LogP contribution >= 0.6 is 0 Å². The van der Waals surface area contributed by atoms with Gasteiger partial charge in [-0.15, -0.1) is 0 Å². The van der Waals surface area contributed by atoms with E-state index < -0.39 is 19.9 Å². The third kappa shape index (κ3) is 4.19. The Hall–Kier alpha value is -2.48. The number of fused-ring (bicyclic) bond motifs is 1. The minimum Gasteiger partial charge on any atom is -0.228 e. The summed E-state index contributed by atoms with van der Waals surface area (Å²) in [6.45, 7) is 3.80. The molecule has 0 spiro atoms. The second-order valence-electron chi connectivity index (χ2n) is 7.61. The number of nitrogens with one attached hydrogen (secondary N) is 1. The Morgan fingerprint density at radius 2 is 1.37 bits per heavy atom. The maximum Gasteiger partial charge on any atom is 0.291 e. The van der Waals surface area contributed by atoms with E-state index in [0.717, 1.165) is 29.5 Å². The Bertz CT molecular complexity index is 1290. The Balaban J connectivity index is 1.82. The van der Waals surface area contributed by atoms with Crippen LogP contribution in [0.1, 0.15) is 34.7 Å². The number of sulfonamides is 1. The fraction of sp³-hybridized carbons (Fsp3) is 0.217. The van der Waals surface area contributed by atoms with E-state index in [1.807, 2.05) is 50.2 Å². The molecule has 2 atom stereocenters. The number of hydrogen-bond acceptors (Lipinski definition) is 3. The SMILES string of the molecule is Cc1ccc(S(=O)(=O)N=S(=O)(N[C@@H]2CCc3ccccc32)c2ccc(C)cc2)cc1. The first-order valence-corrected chi connectivity index (χ1v) is 12.7. The van der Waals surface area contributed by atoms with E-state index in [-0.39, 0.29) is 10.9 Å². The number of hydrogen-bond donors (Lipinski definition) is 1. The summed E-state index contributed by atoms with van der Waals surface area (Å²) in [5, 5.41) is 0. The number of benzene rings is 3. The average molecular weight is 441 g/mol. The van der Waals surface area contributed by atoms with Crippen LogP contribution < -0.4 is 4.72 Å². The van der Waals surface area contributed by atoms with Crippen LogP contribution in [-0.2, 0) is 26.4 Å². The monoisotopic (exact) mass is 440 g/mol. The van der Waals surface area contributed by atoms with Gasteiger partial charge in [0, 0.05) is 6.04 Å². The molecule has 0 bridgehead atoms. The van der Waals surface area contributed by atoms with Gasteiger partial charge >= 0.3 is 0 Å². The molecule has 5 nitrogen and oxygen atoms in total. The van der Waals surface area contributed by atoms with Gasteiger partial charge in [-0.25, -0.2) is 8.93 Å². The van der Waals surface area contributed by atoms with Gasteiger partial charge in [-0.2, -0.15) is 8.42 Å². The van der Waals surface area contributed by atoms with Gasteiger partial charge in [0.15, 0.2) is 9.92 Å². The molecule has 1 N–H and O–H groups in total. The number of nitrogens with zero attached hydrogens (tertiary/aromatic N) is 1. The fourth-order valence-electron chi connectivity index (χ4n) is 3.62. The smallest absolute Gasteiger partial charge is 0.228 e. The van der Waals surface area contributed by atoms with E-state index in [4.69, 9.17) is 0 Å². The van der Waals surface area contributed by atoms with E-state index in [1.54, 1.807) is 24.3 Å². The van der Waals surface area contributed by atoms with Crippen molar-refractivity contribution < 1.29 is 12.6 Å². The van der Waals surface area contributed by atoms with Gasteiger partial charge in [0.1, 0.15) is 0 Å². The molecule has 30 heavy (non-hydrogen) atoms. The molecule has 156 valence electrons. The molecule has 0 radical (unpaired) electrons. The molecular formula is C23H24N2O3S2. The lowest BCUT2D eigenvalue weighted by Gasteiger charge is -2.18. The average Bonchev–Trinajstić information content (AvgIpc) is 3.11. The molecule has 7 heteroatoms. The van der Waals surface area contributed by atoms with E-state index in [9.17, 15) is 12.6 Å². The Labute approximate surface area is 178 Å². The lowest BCUT2D eigenvalue weighted by Crippen LogP contribution is -2.28. The minimum atomic E-state index is -4.12. The Morgan fingerprint density at radius 3 is 2.00 bits per heavy atom. The van der Waals surface area contributed by atoms with Crippen molar-refractivity contribution in [3.05, 3.63) is 95.1 Å². The first kappa shape index (κ1) is 20.8. The van der Waals surface area contributed by atoms with Crippen LogP contribution in [-0.4, -0.2) is 12.6 Å². The standard InChI is InChI=1S/C23H24N2O3S2/c1-17-7-12-20(13-8-17)29(26,24-23-16-11-19-5-3-4-6-22(19)23)25-30(27,28)21-14-9-18(2)10-15-21/h3-10,12-15,23H,11,16H2,1-2H3,(H,24,25,26)/t23-,29?/m1/s1.